The largest absolute Gasteiger partial charge is 0.484 e. The topological polar surface area (TPSA) is 81.4 Å². The summed E-state index contributed by atoms with van der Waals surface area (Å²) in [6.45, 7) is 1.68. The molecule has 2 aromatic heterocycles. The summed E-state index contributed by atoms with van der Waals surface area (Å²) in [6, 6.07) is 14.1. The summed E-state index contributed by atoms with van der Waals surface area (Å²) in [5.41, 5.74) is 2.52. The van der Waals surface area contributed by atoms with Crippen molar-refractivity contribution >= 4 is 33.9 Å². The molecule has 0 bridgehead atoms. The highest BCUT2D eigenvalue weighted by molar-refractivity contribution is 7.13. The summed E-state index contributed by atoms with van der Waals surface area (Å²) < 4.78 is 10.7. The normalized spacial score (nSPS) is 10.8. The highest BCUT2D eigenvalue weighted by Crippen LogP contribution is 2.24. The molecule has 0 aliphatic heterocycles. The summed E-state index contributed by atoms with van der Waals surface area (Å²) in [5.74, 6) is 0.170. The van der Waals surface area contributed by atoms with Gasteiger partial charge in [0.15, 0.2) is 6.61 Å². The lowest BCUT2D eigenvalue weighted by Crippen LogP contribution is -2.20. The van der Waals surface area contributed by atoms with E-state index in [2.05, 4.69) is 10.3 Å². The third kappa shape index (κ3) is 3.94. The molecule has 28 heavy (non-hydrogen) atoms. The number of carbonyl (C=O) groups is 1. The third-order valence-electron chi connectivity index (χ3n) is 4.14. The smallest absolute Gasteiger partial charge is 0.336 e. The summed E-state index contributed by atoms with van der Waals surface area (Å²) in [7, 11) is 0. The maximum Gasteiger partial charge on any atom is 0.336 e. The van der Waals surface area contributed by atoms with Crippen LogP contribution in [0.4, 0.5) is 5.69 Å². The predicted octanol–water partition coefficient (Wildman–Crippen LogP) is 4.24. The van der Waals surface area contributed by atoms with E-state index in [1.807, 2.05) is 36.6 Å². The van der Waals surface area contributed by atoms with E-state index in [4.69, 9.17) is 9.15 Å². The Morgan fingerprint density at radius 1 is 1.18 bits per heavy atom. The van der Waals surface area contributed by atoms with Crippen LogP contribution in [0.5, 0.6) is 5.75 Å². The molecule has 0 spiro atoms. The minimum absolute atomic E-state index is 0.157. The first kappa shape index (κ1) is 17.9. The molecule has 2 heterocycles. The zero-order valence-corrected chi connectivity index (χ0v) is 15.8. The van der Waals surface area contributed by atoms with Gasteiger partial charge < -0.3 is 14.5 Å². The molecule has 4 rings (SSSR count). The van der Waals surface area contributed by atoms with Crippen LogP contribution in [0.1, 0.15) is 5.56 Å². The highest BCUT2D eigenvalue weighted by Gasteiger charge is 2.08. The van der Waals surface area contributed by atoms with Gasteiger partial charge in [-0.3, -0.25) is 4.79 Å². The number of nitrogens with one attached hydrogen (secondary N) is 1. The second-order valence-electron chi connectivity index (χ2n) is 6.16. The first-order chi connectivity index (χ1) is 13.6. The molecule has 7 heteroatoms. The molecular weight excluding hydrogens is 376 g/mol. The summed E-state index contributed by atoms with van der Waals surface area (Å²) >= 11 is 1.56. The molecule has 0 radical (unpaired) electrons. The minimum atomic E-state index is -0.416. The standard InChI is InChI=1S/C21H16N2O4S/c1-13-10-20(25)27-18-11-16(6-7-17(13)18)26-12-19(24)23-15-4-2-14(3-5-15)21-22-8-9-28-21/h2-11H,12H2,1H3,(H,23,24). The molecule has 0 atom stereocenters. The molecule has 2 aromatic carbocycles. The Bertz CT molecular complexity index is 1180. The van der Waals surface area contributed by atoms with Crippen LogP contribution in [-0.4, -0.2) is 17.5 Å². The number of carbonyl (C=O) groups excluding carboxylic acids is 1. The molecule has 0 saturated carbocycles. The van der Waals surface area contributed by atoms with Gasteiger partial charge in [0.2, 0.25) is 0 Å². The Labute approximate surface area is 164 Å². The van der Waals surface area contributed by atoms with E-state index >= 15 is 0 Å². The summed E-state index contributed by atoms with van der Waals surface area (Å²) in [5, 5.41) is 6.46. The number of hydrogen-bond donors (Lipinski definition) is 1. The molecule has 0 unspecified atom stereocenters. The van der Waals surface area contributed by atoms with Gasteiger partial charge in [0.25, 0.3) is 5.91 Å². The molecule has 1 amide bonds. The van der Waals surface area contributed by atoms with Gasteiger partial charge in [0.05, 0.1) is 0 Å². The van der Waals surface area contributed by atoms with Crippen molar-refractivity contribution in [3.05, 3.63) is 76.1 Å². The average molecular weight is 392 g/mol. The first-order valence-electron chi connectivity index (χ1n) is 8.55. The molecule has 0 aliphatic carbocycles. The van der Waals surface area contributed by atoms with Crippen LogP contribution in [-0.2, 0) is 4.79 Å². The van der Waals surface area contributed by atoms with Gasteiger partial charge in [0, 0.05) is 40.3 Å². The van der Waals surface area contributed by atoms with Gasteiger partial charge in [-0.25, -0.2) is 9.78 Å². The molecule has 1 N–H and O–H groups in total. The lowest BCUT2D eigenvalue weighted by atomic mass is 10.1. The van der Waals surface area contributed by atoms with E-state index in [0.717, 1.165) is 21.5 Å². The van der Waals surface area contributed by atoms with Crippen LogP contribution in [0.15, 0.2) is 69.3 Å². The molecular formula is C21H16N2O4S. The van der Waals surface area contributed by atoms with Gasteiger partial charge in [-0.05, 0) is 48.9 Å². The summed E-state index contributed by atoms with van der Waals surface area (Å²) in [4.78, 5) is 27.9. The van der Waals surface area contributed by atoms with Gasteiger partial charge in [-0.2, -0.15) is 0 Å². The van der Waals surface area contributed by atoms with E-state index in [1.165, 1.54) is 6.07 Å². The third-order valence-corrected chi connectivity index (χ3v) is 4.96. The Hall–Kier alpha value is -3.45. The van der Waals surface area contributed by atoms with Crippen molar-refractivity contribution in [2.24, 2.45) is 0 Å². The van der Waals surface area contributed by atoms with Crippen molar-refractivity contribution in [1.82, 2.24) is 4.98 Å². The Morgan fingerprint density at radius 3 is 2.75 bits per heavy atom. The van der Waals surface area contributed by atoms with Gasteiger partial charge in [0.1, 0.15) is 16.3 Å². The molecule has 0 saturated heterocycles. The highest BCUT2D eigenvalue weighted by atomic mass is 32.1. The van der Waals surface area contributed by atoms with Crippen molar-refractivity contribution < 1.29 is 13.9 Å². The van der Waals surface area contributed by atoms with Crippen LogP contribution >= 0.6 is 11.3 Å². The number of benzene rings is 2. The fourth-order valence-electron chi connectivity index (χ4n) is 2.80. The number of fused-ring (bicyclic) bond motifs is 1. The second kappa shape index (κ2) is 7.66. The maximum absolute atomic E-state index is 12.2. The number of aromatic nitrogens is 1. The zero-order valence-electron chi connectivity index (χ0n) is 15.0. The van der Waals surface area contributed by atoms with Crippen LogP contribution < -0.4 is 15.7 Å². The van der Waals surface area contributed by atoms with Crippen molar-refractivity contribution in [3.8, 4) is 16.3 Å². The Kier molecular flexibility index (Phi) is 4.90. The van der Waals surface area contributed by atoms with E-state index < -0.39 is 5.63 Å². The van der Waals surface area contributed by atoms with Gasteiger partial charge in [-0.1, -0.05) is 0 Å². The number of amides is 1. The van der Waals surface area contributed by atoms with E-state index in [1.54, 1.807) is 35.7 Å². The predicted molar refractivity (Wildman–Crippen MR) is 109 cm³/mol. The number of anilines is 1. The lowest BCUT2D eigenvalue weighted by Gasteiger charge is -2.09. The monoisotopic (exact) mass is 392 g/mol. The quantitative estimate of drug-likeness (QED) is 0.514. The first-order valence-corrected chi connectivity index (χ1v) is 9.43. The number of ether oxygens (including phenoxy) is 1. The van der Waals surface area contributed by atoms with Crippen molar-refractivity contribution in [2.75, 3.05) is 11.9 Å². The van der Waals surface area contributed by atoms with Crippen molar-refractivity contribution in [2.45, 2.75) is 6.92 Å². The van der Waals surface area contributed by atoms with E-state index in [-0.39, 0.29) is 12.5 Å². The van der Waals surface area contributed by atoms with Gasteiger partial charge in [-0.15, -0.1) is 11.3 Å². The van der Waals surface area contributed by atoms with Crippen LogP contribution in [0.3, 0.4) is 0 Å². The SMILES string of the molecule is Cc1cc(=O)oc2cc(OCC(=O)Nc3ccc(-c4nccs4)cc3)ccc12. The van der Waals surface area contributed by atoms with E-state index in [9.17, 15) is 9.59 Å². The second-order valence-corrected chi connectivity index (χ2v) is 7.05. The number of aryl methyl sites for hydroxylation is 1. The zero-order chi connectivity index (χ0) is 19.5. The number of rotatable bonds is 5. The molecule has 140 valence electrons. The molecule has 0 fully saturated rings. The maximum atomic E-state index is 12.2. The van der Waals surface area contributed by atoms with Crippen molar-refractivity contribution in [1.29, 1.82) is 0 Å². The lowest BCUT2D eigenvalue weighted by molar-refractivity contribution is -0.118. The minimum Gasteiger partial charge on any atom is -0.484 e. The number of hydrogen-bond acceptors (Lipinski definition) is 6. The number of thiazole rings is 1. The van der Waals surface area contributed by atoms with Gasteiger partial charge >= 0.3 is 5.63 Å². The molecule has 6 nitrogen and oxygen atoms in total. The number of nitrogens with zero attached hydrogens (tertiary/aromatic N) is 1. The fourth-order valence-corrected chi connectivity index (χ4v) is 3.45. The van der Waals surface area contributed by atoms with Crippen molar-refractivity contribution in [3.63, 3.8) is 0 Å². The van der Waals surface area contributed by atoms with Crippen LogP contribution in [0, 0.1) is 6.92 Å². The molecule has 0 aliphatic rings. The van der Waals surface area contributed by atoms with Crippen LogP contribution in [0.2, 0.25) is 0 Å². The Balaban J connectivity index is 1.39. The van der Waals surface area contributed by atoms with E-state index in [0.29, 0.717) is 17.0 Å². The molecule has 4 aromatic rings. The average Bonchev–Trinajstić information content (AvgIpc) is 3.21. The summed E-state index contributed by atoms with van der Waals surface area (Å²) in [6.07, 6.45) is 1.76. The Morgan fingerprint density at radius 2 is 2.00 bits per heavy atom. The fraction of sp³-hybridized carbons (Fsp3) is 0.0952. The van der Waals surface area contributed by atoms with Crippen LogP contribution in [0.25, 0.3) is 21.5 Å².